The van der Waals surface area contributed by atoms with E-state index in [-0.39, 0.29) is 11.2 Å². The molecule has 25 heavy (non-hydrogen) atoms. The summed E-state index contributed by atoms with van der Waals surface area (Å²) in [6.07, 6.45) is 6.46. The normalized spacial score (nSPS) is 17.0. The molecule has 2 aromatic carbocycles. The lowest BCUT2D eigenvalue weighted by atomic mass is 9.72. The van der Waals surface area contributed by atoms with E-state index in [1.54, 1.807) is 6.07 Å². The van der Waals surface area contributed by atoms with Gasteiger partial charge in [-0.05, 0) is 53.8 Å². The standard InChI is InChI=1S/C21H21ClFNS/c1-21(14-6-7-14,17-9-8-15(22)10-19(17)23)18-11-24-20-13(12-25-2)4-3-5-16(18)20/h3-5,8-11,14,24H,6-7,12H2,1-2H3. The lowest BCUT2D eigenvalue weighted by molar-refractivity contribution is 0.465. The maximum atomic E-state index is 14.8. The van der Waals surface area contributed by atoms with Gasteiger partial charge in [0.2, 0.25) is 0 Å². The van der Waals surface area contributed by atoms with E-state index in [9.17, 15) is 4.39 Å². The fourth-order valence-corrected chi connectivity index (χ4v) is 4.79. The summed E-state index contributed by atoms with van der Waals surface area (Å²) in [4.78, 5) is 3.47. The molecule has 3 aromatic rings. The monoisotopic (exact) mass is 373 g/mol. The maximum absolute atomic E-state index is 14.8. The minimum absolute atomic E-state index is 0.212. The van der Waals surface area contributed by atoms with E-state index in [2.05, 4.69) is 42.6 Å². The summed E-state index contributed by atoms with van der Waals surface area (Å²) in [5.41, 5.74) is 4.06. The van der Waals surface area contributed by atoms with E-state index in [1.807, 2.05) is 17.8 Å². The van der Waals surface area contributed by atoms with Crippen LogP contribution in [0.5, 0.6) is 0 Å². The molecule has 0 spiro atoms. The van der Waals surface area contributed by atoms with Gasteiger partial charge in [-0.15, -0.1) is 0 Å². The van der Waals surface area contributed by atoms with Crippen LogP contribution >= 0.6 is 23.4 Å². The van der Waals surface area contributed by atoms with Gasteiger partial charge in [-0.3, -0.25) is 0 Å². The summed E-state index contributed by atoms with van der Waals surface area (Å²) in [6, 6.07) is 11.5. The molecule has 1 aromatic heterocycles. The molecule has 1 N–H and O–H groups in total. The summed E-state index contributed by atoms with van der Waals surface area (Å²) in [6.45, 7) is 2.18. The predicted molar refractivity (Wildman–Crippen MR) is 106 cm³/mol. The Morgan fingerprint density at radius 2 is 2.04 bits per heavy atom. The van der Waals surface area contributed by atoms with Crippen molar-refractivity contribution in [1.29, 1.82) is 0 Å². The van der Waals surface area contributed by atoms with Crippen molar-refractivity contribution in [2.24, 2.45) is 5.92 Å². The highest BCUT2D eigenvalue weighted by molar-refractivity contribution is 7.97. The number of halogens is 2. The fraction of sp³-hybridized carbons (Fsp3) is 0.333. The Bertz CT molecular complexity index is 931. The number of para-hydroxylation sites is 1. The van der Waals surface area contributed by atoms with Crippen LogP contribution in [0, 0.1) is 11.7 Å². The summed E-state index contributed by atoms with van der Waals surface area (Å²) in [5, 5.41) is 1.65. The van der Waals surface area contributed by atoms with Gasteiger partial charge in [-0.1, -0.05) is 42.8 Å². The van der Waals surface area contributed by atoms with Crippen LogP contribution in [-0.4, -0.2) is 11.2 Å². The number of nitrogens with one attached hydrogen (secondary N) is 1. The van der Waals surface area contributed by atoms with Crippen LogP contribution in [0.25, 0.3) is 10.9 Å². The number of aromatic amines is 1. The van der Waals surface area contributed by atoms with Gasteiger partial charge in [0.05, 0.1) is 0 Å². The Balaban J connectivity index is 1.93. The first-order valence-corrected chi connectivity index (χ1v) is 10.4. The van der Waals surface area contributed by atoms with Gasteiger partial charge >= 0.3 is 0 Å². The van der Waals surface area contributed by atoms with Crippen molar-refractivity contribution in [1.82, 2.24) is 4.98 Å². The van der Waals surface area contributed by atoms with Crippen molar-refractivity contribution in [3.8, 4) is 0 Å². The van der Waals surface area contributed by atoms with Crippen LogP contribution in [0.15, 0.2) is 42.6 Å². The topological polar surface area (TPSA) is 15.8 Å². The Kier molecular flexibility index (Phi) is 4.33. The van der Waals surface area contributed by atoms with Crippen LogP contribution in [-0.2, 0) is 11.2 Å². The molecule has 1 aliphatic rings. The number of thioether (sulfide) groups is 1. The van der Waals surface area contributed by atoms with Crippen molar-refractivity contribution < 1.29 is 4.39 Å². The highest BCUT2D eigenvalue weighted by Crippen LogP contribution is 2.53. The molecule has 1 nitrogen and oxygen atoms in total. The Morgan fingerprint density at radius 3 is 2.72 bits per heavy atom. The lowest BCUT2D eigenvalue weighted by Crippen LogP contribution is -2.27. The first-order valence-electron chi connectivity index (χ1n) is 8.59. The maximum Gasteiger partial charge on any atom is 0.128 e. The second-order valence-corrected chi connectivity index (χ2v) is 8.38. The molecule has 1 heterocycles. The number of hydrogen-bond acceptors (Lipinski definition) is 1. The number of aromatic nitrogens is 1. The number of H-pyrrole nitrogens is 1. The molecule has 1 atom stereocenters. The molecule has 0 aliphatic heterocycles. The molecule has 4 heteroatoms. The zero-order valence-corrected chi connectivity index (χ0v) is 16.0. The molecule has 4 rings (SSSR count). The van der Waals surface area contributed by atoms with E-state index in [4.69, 9.17) is 11.6 Å². The molecule has 0 bridgehead atoms. The van der Waals surface area contributed by atoms with Gasteiger partial charge in [-0.25, -0.2) is 4.39 Å². The summed E-state index contributed by atoms with van der Waals surface area (Å²) in [7, 11) is 0. The summed E-state index contributed by atoms with van der Waals surface area (Å²) in [5.74, 6) is 1.22. The second-order valence-electron chi connectivity index (χ2n) is 7.08. The van der Waals surface area contributed by atoms with Crippen molar-refractivity contribution in [2.45, 2.75) is 30.9 Å². The van der Waals surface area contributed by atoms with Gasteiger partial charge < -0.3 is 4.98 Å². The number of fused-ring (bicyclic) bond motifs is 1. The van der Waals surface area contributed by atoms with E-state index in [1.165, 1.54) is 28.1 Å². The van der Waals surface area contributed by atoms with Crippen LogP contribution < -0.4 is 0 Å². The smallest absolute Gasteiger partial charge is 0.128 e. The molecule has 1 fully saturated rings. The van der Waals surface area contributed by atoms with Gasteiger partial charge in [0, 0.05) is 33.3 Å². The van der Waals surface area contributed by atoms with Crippen molar-refractivity contribution in [3.63, 3.8) is 0 Å². The van der Waals surface area contributed by atoms with E-state index < -0.39 is 0 Å². The van der Waals surface area contributed by atoms with E-state index in [0.29, 0.717) is 10.9 Å². The van der Waals surface area contributed by atoms with Gasteiger partial charge in [0.25, 0.3) is 0 Å². The molecule has 0 radical (unpaired) electrons. The number of rotatable bonds is 5. The highest BCUT2D eigenvalue weighted by Gasteiger charge is 2.46. The minimum Gasteiger partial charge on any atom is -0.361 e. The van der Waals surface area contributed by atoms with E-state index in [0.717, 1.165) is 24.2 Å². The Labute approximate surface area is 157 Å². The third-order valence-corrected chi connectivity index (χ3v) is 6.38. The molecule has 0 amide bonds. The minimum atomic E-state index is -0.342. The van der Waals surface area contributed by atoms with Gasteiger partial charge in [-0.2, -0.15) is 11.8 Å². The molecule has 130 valence electrons. The first-order chi connectivity index (χ1) is 12.1. The highest BCUT2D eigenvalue weighted by atomic mass is 35.5. The first kappa shape index (κ1) is 17.0. The zero-order chi connectivity index (χ0) is 17.6. The molecule has 1 unspecified atom stereocenters. The summed E-state index contributed by atoms with van der Waals surface area (Å²) < 4.78 is 14.8. The predicted octanol–water partition coefficient (Wildman–Crippen LogP) is 6.54. The van der Waals surface area contributed by atoms with Gasteiger partial charge in [0.15, 0.2) is 0 Å². The van der Waals surface area contributed by atoms with Gasteiger partial charge in [0.1, 0.15) is 5.82 Å². The molecule has 1 aliphatic carbocycles. The lowest BCUT2D eigenvalue weighted by Gasteiger charge is -2.31. The average molecular weight is 374 g/mol. The van der Waals surface area contributed by atoms with Crippen molar-refractivity contribution >= 4 is 34.3 Å². The SMILES string of the molecule is CSCc1cccc2c(C(C)(c3ccc(Cl)cc3F)C3CC3)c[nH]c12. The molecular weight excluding hydrogens is 353 g/mol. The third kappa shape index (κ3) is 2.78. The van der Waals surface area contributed by atoms with Crippen LogP contribution in [0.1, 0.15) is 36.5 Å². The van der Waals surface area contributed by atoms with Crippen molar-refractivity contribution in [3.05, 3.63) is 70.1 Å². The second kappa shape index (κ2) is 6.37. The van der Waals surface area contributed by atoms with Crippen LogP contribution in [0.4, 0.5) is 4.39 Å². The molecule has 0 saturated heterocycles. The third-order valence-electron chi connectivity index (χ3n) is 5.55. The number of hydrogen-bond donors (Lipinski definition) is 1. The van der Waals surface area contributed by atoms with Crippen LogP contribution in [0.3, 0.4) is 0 Å². The molecule has 1 saturated carbocycles. The Morgan fingerprint density at radius 1 is 1.24 bits per heavy atom. The number of benzene rings is 2. The fourth-order valence-electron chi connectivity index (χ4n) is 4.08. The summed E-state index contributed by atoms with van der Waals surface area (Å²) >= 11 is 7.80. The quantitative estimate of drug-likeness (QED) is 0.536. The largest absolute Gasteiger partial charge is 0.361 e. The average Bonchev–Trinajstić information content (AvgIpc) is 3.34. The zero-order valence-electron chi connectivity index (χ0n) is 14.4. The van der Waals surface area contributed by atoms with Crippen molar-refractivity contribution in [2.75, 3.05) is 6.26 Å². The molecular formula is C21H21ClFNS. The van der Waals surface area contributed by atoms with E-state index >= 15 is 0 Å². The Hall–Kier alpha value is -1.45. The van der Waals surface area contributed by atoms with Crippen LogP contribution in [0.2, 0.25) is 5.02 Å².